The molecule has 110 valence electrons. The first-order valence-corrected chi connectivity index (χ1v) is 7.21. The number of aromatic nitrogens is 4. The molecule has 0 spiro atoms. The number of rotatable bonds is 8. The topological polar surface area (TPSA) is 68.8 Å². The average Bonchev–Trinajstić information content (AvgIpc) is 3.01. The number of aryl methyl sites for hydroxylation is 1. The highest BCUT2D eigenvalue weighted by Crippen LogP contribution is 2.05. The molecule has 0 radical (unpaired) electrons. The number of hydrogen-bond donors (Lipinski definition) is 1. The Morgan fingerprint density at radius 2 is 2.25 bits per heavy atom. The zero-order valence-corrected chi connectivity index (χ0v) is 12.5. The lowest BCUT2D eigenvalue weighted by molar-refractivity contribution is 0.370. The van der Waals surface area contributed by atoms with E-state index < -0.39 is 0 Å². The fourth-order valence-electron chi connectivity index (χ4n) is 1.95. The van der Waals surface area contributed by atoms with E-state index in [0.717, 1.165) is 31.8 Å². The molecule has 2 aromatic rings. The zero-order chi connectivity index (χ0) is 14.4. The highest BCUT2D eigenvalue weighted by molar-refractivity contribution is 4.97. The van der Waals surface area contributed by atoms with Crippen LogP contribution in [-0.4, -0.2) is 26.2 Å². The van der Waals surface area contributed by atoms with Crippen molar-refractivity contribution in [3.63, 3.8) is 0 Å². The lowest BCUT2D eigenvalue weighted by Crippen LogP contribution is -2.21. The third-order valence-corrected chi connectivity index (χ3v) is 2.92. The highest BCUT2D eigenvalue weighted by atomic mass is 16.5. The second kappa shape index (κ2) is 7.19. The van der Waals surface area contributed by atoms with Crippen LogP contribution in [0.2, 0.25) is 0 Å². The molecule has 0 aliphatic heterocycles. The van der Waals surface area contributed by atoms with Gasteiger partial charge in [0.2, 0.25) is 5.89 Å². The Labute approximate surface area is 119 Å². The Morgan fingerprint density at radius 3 is 3.00 bits per heavy atom. The molecule has 0 amide bonds. The van der Waals surface area contributed by atoms with E-state index in [4.69, 9.17) is 4.52 Å². The van der Waals surface area contributed by atoms with E-state index in [1.165, 1.54) is 0 Å². The van der Waals surface area contributed by atoms with Gasteiger partial charge in [-0.15, -0.1) is 0 Å². The Bertz CT molecular complexity index is 517. The molecule has 0 unspecified atom stereocenters. The van der Waals surface area contributed by atoms with Crippen LogP contribution in [-0.2, 0) is 19.5 Å². The third kappa shape index (κ3) is 4.16. The molecule has 2 heterocycles. The van der Waals surface area contributed by atoms with Gasteiger partial charge in [0.15, 0.2) is 5.82 Å². The standard InChI is InChI=1S/C14H23N5O/c1-4-5-14-17-12(18-20-14)10-19-7-6-16-13(19)9-15-8-11(2)3/h6-7,11,15H,4-5,8-10H2,1-3H3. The van der Waals surface area contributed by atoms with Crippen molar-refractivity contribution in [2.24, 2.45) is 5.92 Å². The molecule has 6 heteroatoms. The van der Waals surface area contributed by atoms with Crippen LogP contribution in [0.15, 0.2) is 16.9 Å². The van der Waals surface area contributed by atoms with Crippen molar-refractivity contribution in [3.05, 3.63) is 29.9 Å². The van der Waals surface area contributed by atoms with E-state index >= 15 is 0 Å². The summed E-state index contributed by atoms with van der Waals surface area (Å²) >= 11 is 0. The summed E-state index contributed by atoms with van der Waals surface area (Å²) in [5.41, 5.74) is 0. The van der Waals surface area contributed by atoms with Crippen LogP contribution in [0.1, 0.15) is 44.7 Å². The Balaban J connectivity index is 1.93. The molecule has 2 aromatic heterocycles. The molecule has 0 fully saturated rings. The molecular formula is C14H23N5O. The van der Waals surface area contributed by atoms with Gasteiger partial charge in [-0.2, -0.15) is 4.98 Å². The summed E-state index contributed by atoms with van der Waals surface area (Å²) in [6.45, 7) is 8.81. The van der Waals surface area contributed by atoms with Crippen LogP contribution >= 0.6 is 0 Å². The fraction of sp³-hybridized carbons (Fsp3) is 0.643. The van der Waals surface area contributed by atoms with Crippen LogP contribution in [0, 0.1) is 5.92 Å². The van der Waals surface area contributed by atoms with Crippen molar-refractivity contribution in [1.29, 1.82) is 0 Å². The minimum absolute atomic E-state index is 0.603. The maximum absolute atomic E-state index is 5.20. The number of nitrogens with one attached hydrogen (secondary N) is 1. The summed E-state index contributed by atoms with van der Waals surface area (Å²) in [6, 6.07) is 0. The first-order valence-electron chi connectivity index (χ1n) is 7.21. The quantitative estimate of drug-likeness (QED) is 0.799. The van der Waals surface area contributed by atoms with Crippen molar-refractivity contribution in [3.8, 4) is 0 Å². The molecule has 0 bridgehead atoms. The minimum atomic E-state index is 0.603. The zero-order valence-electron chi connectivity index (χ0n) is 12.5. The SMILES string of the molecule is CCCc1nc(Cn2ccnc2CNCC(C)C)no1. The Morgan fingerprint density at radius 1 is 1.40 bits per heavy atom. The summed E-state index contributed by atoms with van der Waals surface area (Å²) in [5, 5.41) is 7.40. The van der Waals surface area contributed by atoms with Gasteiger partial charge in [0.25, 0.3) is 0 Å². The molecular weight excluding hydrogens is 254 g/mol. The van der Waals surface area contributed by atoms with Gasteiger partial charge in [-0.3, -0.25) is 0 Å². The summed E-state index contributed by atoms with van der Waals surface area (Å²) in [6.07, 6.45) is 5.60. The molecule has 20 heavy (non-hydrogen) atoms. The second-order valence-corrected chi connectivity index (χ2v) is 5.35. The van der Waals surface area contributed by atoms with Gasteiger partial charge in [0, 0.05) is 18.8 Å². The second-order valence-electron chi connectivity index (χ2n) is 5.35. The van der Waals surface area contributed by atoms with Gasteiger partial charge in [-0.05, 0) is 18.9 Å². The van der Waals surface area contributed by atoms with Gasteiger partial charge >= 0.3 is 0 Å². The first kappa shape index (κ1) is 14.7. The molecule has 0 aliphatic carbocycles. The van der Waals surface area contributed by atoms with Crippen LogP contribution in [0.5, 0.6) is 0 Å². The molecule has 0 aliphatic rings. The molecule has 1 N–H and O–H groups in total. The van der Waals surface area contributed by atoms with E-state index in [0.29, 0.717) is 24.2 Å². The largest absolute Gasteiger partial charge is 0.339 e. The maximum atomic E-state index is 5.20. The van der Waals surface area contributed by atoms with Gasteiger partial charge in [-0.25, -0.2) is 4.98 Å². The van der Waals surface area contributed by atoms with Crippen molar-refractivity contribution in [2.75, 3.05) is 6.54 Å². The monoisotopic (exact) mass is 277 g/mol. The Kier molecular flexibility index (Phi) is 5.29. The lowest BCUT2D eigenvalue weighted by Gasteiger charge is -2.08. The summed E-state index contributed by atoms with van der Waals surface area (Å²) < 4.78 is 7.25. The fourth-order valence-corrected chi connectivity index (χ4v) is 1.95. The molecule has 6 nitrogen and oxygen atoms in total. The average molecular weight is 277 g/mol. The molecule has 2 rings (SSSR count). The van der Waals surface area contributed by atoms with Crippen molar-refractivity contribution in [2.45, 2.75) is 46.7 Å². The van der Waals surface area contributed by atoms with Crippen LogP contribution in [0.3, 0.4) is 0 Å². The predicted molar refractivity (Wildman–Crippen MR) is 76.2 cm³/mol. The number of hydrogen-bond acceptors (Lipinski definition) is 5. The van der Waals surface area contributed by atoms with E-state index in [-0.39, 0.29) is 0 Å². The molecule has 0 saturated heterocycles. The normalized spacial score (nSPS) is 11.4. The predicted octanol–water partition coefficient (Wildman–Crippen LogP) is 2.01. The van der Waals surface area contributed by atoms with Gasteiger partial charge < -0.3 is 14.4 Å². The highest BCUT2D eigenvalue weighted by Gasteiger charge is 2.09. The number of imidazole rings is 1. The molecule has 0 atom stereocenters. The smallest absolute Gasteiger partial charge is 0.226 e. The third-order valence-electron chi connectivity index (χ3n) is 2.92. The lowest BCUT2D eigenvalue weighted by atomic mass is 10.2. The van der Waals surface area contributed by atoms with E-state index in [2.05, 4.69) is 41.2 Å². The van der Waals surface area contributed by atoms with Gasteiger partial charge in [0.1, 0.15) is 5.82 Å². The van der Waals surface area contributed by atoms with Crippen molar-refractivity contribution < 1.29 is 4.52 Å². The number of nitrogens with zero attached hydrogens (tertiary/aromatic N) is 4. The summed E-state index contributed by atoms with van der Waals surface area (Å²) in [7, 11) is 0. The van der Waals surface area contributed by atoms with Crippen LogP contribution < -0.4 is 5.32 Å². The minimum Gasteiger partial charge on any atom is -0.339 e. The maximum Gasteiger partial charge on any atom is 0.226 e. The van der Waals surface area contributed by atoms with Gasteiger partial charge in [0.05, 0.1) is 13.1 Å². The van der Waals surface area contributed by atoms with Crippen LogP contribution in [0.25, 0.3) is 0 Å². The Hall–Kier alpha value is -1.69. The van der Waals surface area contributed by atoms with Crippen molar-refractivity contribution in [1.82, 2.24) is 25.0 Å². The van der Waals surface area contributed by atoms with Crippen LogP contribution in [0.4, 0.5) is 0 Å². The summed E-state index contributed by atoms with van der Waals surface area (Å²) in [5.74, 6) is 3.04. The molecule has 0 aromatic carbocycles. The molecule has 0 saturated carbocycles. The van der Waals surface area contributed by atoms with E-state index in [1.54, 1.807) is 6.20 Å². The van der Waals surface area contributed by atoms with E-state index in [9.17, 15) is 0 Å². The first-order chi connectivity index (χ1) is 9.69. The van der Waals surface area contributed by atoms with Crippen molar-refractivity contribution >= 4 is 0 Å². The summed E-state index contributed by atoms with van der Waals surface area (Å²) in [4.78, 5) is 8.74. The van der Waals surface area contributed by atoms with Gasteiger partial charge in [-0.1, -0.05) is 25.9 Å². The van der Waals surface area contributed by atoms with E-state index in [1.807, 2.05) is 10.8 Å².